The van der Waals surface area contributed by atoms with Gasteiger partial charge in [0.05, 0.1) is 0 Å². The first-order valence-corrected chi connectivity index (χ1v) is 28.3. The molecule has 0 N–H and O–H groups in total. The smallest absolute Gasteiger partial charge is 0.306 e. The van der Waals surface area contributed by atoms with Gasteiger partial charge in [0.1, 0.15) is 13.2 Å². The predicted octanol–water partition coefficient (Wildman–Crippen LogP) is 18.7. The summed E-state index contributed by atoms with van der Waals surface area (Å²) >= 11 is 0. The lowest BCUT2D eigenvalue weighted by Gasteiger charge is -2.18. The third-order valence-corrected chi connectivity index (χ3v) is 12.7. The monoisotopic (exact) mass is 901 g/mol. The van der Waals surface area contributed by atoms with Crippen LogP contribution in [-0.4, -0.2) is 37.2 Å². The number of unbranched alkanes of at least 4 members (excludes halogenated alkanes) is 37. The van der Waals surface area contributed by atoms with Gasteiger partial charge in [-0.05, 0) is 70.6 Å². The van der Waals surface area contributed by atoms with E-state index < -0.39 is 6.10 Å². The van der Waals surface area contributed by atoms with Crippen molar-refractivity contribution in [3.05, 3.63) is 24.3 Å². The minimum Gasteiger partial charge on any atom is -0.462 e. The van der Waals surface area contributed by atoms with Crippen molar-refractivity contribution in [2.45, 2.75) is 316 Å². The Hall–Kier alpha value is -2.11. The first-order chi connectivity index (χ1) is 31.5. The molecule has 0 aliphatic heterocycles. The largest absolute Gasteiger partial charge is 0.462 e. The Morgan fingerprint density at radius 2 is 0.516 bits per heavy atom. The fraction of sp³-hybridized carbons (Fsp3) is 0.879. The fourth-order valence-electron chi connectivity index (χ4n) is 8.37. The van der Waals surface area contributed by atoms with Crippen molar-refractivity contribution in [1.29, 1.82) is 0 Å². The second-order valence-electron chi connectivity index (χ2n) is 19.2. The molecular weight excluding hydrogens is 793 g/mol. The highest BCUT2D eigenvalue weighted by atomic mass is 16.6. The molecule has 0 rings (SSSR count). The van der Waals surface area contributed by atoms with Gasteiger partial charge in [0, 0.05) is 19.3 Å². The van der Waals surface area contributed by atoms with Gasteiger partial charge in [-0.3, -0.25) is 14.4 Å². The van der Waals surface area contributed by atoms with E-state index in [4.69, 9.17) is 14.2 Å². The van der Waals surface area contributed by atoms with E-state index in [0.717, 1.165) is 64.2 Å². The molecule has 1 unspecified atom stereocenters. The van der Waals surface area contributed by atoms with E-state index in [1.54, 1.807) is 0 Å². The highest BCUT2D eigenvalue weighted by Gasteiger charge is 2.19. The molecular formula is C58H108O6. The Bertz CT molecular complexity index is 1040. The van der Waals surface area contributed by atoms with Crippen LogP contribution in [0.15, 0.2) is 24.3 Å². The Morgan fingerprint density at radius 1 is 0.297 bits per heavy atom. The molecule has 0 saturated heterocycles. The van der Waals surface area contributed by atoms with Gasteiger partial charge in [0.15, 0.2) is 6.10 Å². The number of ether oxygens (including phenoxy) is 3. The standard InChI is InChI=1S/C58H108O6/c1-4-7-10-13-16-18-20-22-23-24-25-26-27-28-29-30-31-32-33-34-35-36-38-39-42-45-48-51-57(60)63-54-55(53-62-56(59)50-47-44-41-15-12-9-6-3)64-58(61)52-49-46-43-40-37-21-19-17-14-11-8-5-2/h17,19,24-25,55H,4-16,18,20-23,26-54H2,1-3H3/b19-17-,25-24-. The Labute approximate surface area is 398 Å². The van der Waals surface area contributed by atoms with E-state index in [0.29, 0.717) is 19.3 Å². The number of carbonyl (C=O) groups excluding carboxylic acids is 3. The average molecular weight is 901 g/mol. The number of esters is 3. The van der Waals surface area contributed by atoms with E-state index in [9.17, 15) is 14.4 Å². The van der Waals surface area contributed by atoms with Crippen molar-refractivity contribution in [2.24, 2.45) is 0 Å². The Balaban J connectivity index is 4.02. The third-order valence-electron chi connectivity index (χ3n) is 12.7. The summed E-state index contributed by atoms with van der Waals surface area (Å²) < 4.78 is 16.7. The molecule has 0 aromatic rings. The van der Waals surface area contributed by atoms with Gasteiger partial charge < -0.3 is 14.2 Å². The molecule has 0 aromatic heterocycles. The summed E-state index contributed by atoms with van der Waals surface area (Å²) in [5.41, 5.74) is 0. The molecule has 0 amide bonds. The summed E-state index contributed by atoms with van der Waals surface area (Å²) in [6.07, 6.45) is 62.1. The van der Waals surface area contributed by atoms with Crippen LogP contribution in [0.3, 0.4) is 0 Å². The molecule has 6 heteroatoms. The maximum atomic E-state index is 12.7. The highest BCUT2D eigenvalue weighted by Crippen LogP contribution is 2.16. The molecule has 0 spiro atoms. The van der Waals surface area contributed by atoms with Gasteiger partial charge >= 0.3 is 17.9 Å². The van der Waals surface area contributed by atoms with Gasteiger partial charge in [-0.25, -0.2) is 0 Å². The van der Waals surface area contributed by atoms with Crippen molar-refractivity contribution in [1.82, 2.24) is 0 Å². The van der Waals surface area contributed by atoms with Crippen LogP contribution < -0.4 is 0 Å². The maximum absolute atomic E-state index is 12.7. The second kappa shape index (κ2) is 53.5. The molecule has 0 aliphatic rings. The van der Waals surface area contributed by atoms with Crippen molar-refractivity contribution in [2.75, 3.05) is 13.2 Å². The summed E-state index contributed by atoms with van der Waals surface area (Å²) in [5.74, 6) is -0.873. The van der Waals surface area contributed by atoms with E-state index in [-0.39, 0.29) is 31.1 Å². The summed E-state index contributed by atoms with van der Waals surface area (Å²) in [5, 5.41) is 0. The molecule has 0 fully saturated rings. The molecule has 6 nitrogen and oxygen atoms in total. The van der Waals surface area contributed by atoms with Gasteiger partial charge in [-0.2, -0.15) is 0 Å². The zero-order chi connectivity index (χ0) is 46.5. The van der Waals surface area contributed by atoms with Crippen molar-refractivity contribution < 1.29 is 28.6 Å². The van der Waals surface area contributed by atoms with E-state index >= 15 is 0 Å². The number of allylic oxidation sites excluding steroid dienone is 4. The highest BCUT2D eigenvalue weighted by molar-refractivity contribution is 5.71. The summed E-state index contributed by atoms with van der Waals surface area (Å²) in [4.78, 5) is 37.8. The lowest BCUT2D eigenvalue weighted by atomic mass is 10.0. The van der Waals surface area contributed by atoms with Gasteiger partial charge in [0.2, 0.25) is 0 Å². The van der Waals surface area contributed by atoms with Crippen LogP contribution in [0.4, 0.5) is 0 Å². The van der Waals surface area contributed by atoms with Gasteiger partial charge in [-0.1, -0.05) is 244 Å². The molecule has 0 saturated carbocycles. The summed E-state index contributed by atoms with van der Waals surface area (Å²) in [7, 11) is 0. The van der Waals surface area contributed by atoms with Crippen LogP contribution >= 0.6 is 0 Å². The zero-order valence-electron chi connectivity index (χ0n) is 43.1. The molecule has 0 heterocycles. The maximum Gasteiger partial charge on any atom is 0.306 e. The Kier molecular flexibility index (Phi) is 51.7. The van der Waals surface area contributed by atoms with E-state index in [2.05, 4.69) is 45.1 Å². The van der Waals surface area contributed by atoms with Gasteiger partial charge in [0.25, 0.3) is 0 Å². The fourth-order valence-corrected chi connectivity index (χ4v) is 8.37. The first-order valence-electron chi connectivity index (χ1n) is 28.3. The second-order valence-corrected chi connectivity index (χ2v) is 19.2. The van der Waals surface area contributed by atoms with Crippen LogP contribution in [0.2, 0.25) is 0 Å². The number of hydrogen-bond donors (Lipinski definition) is 0. The minimum atomic E-state index is -0.768. The van der Waals surface area contributed by atoms with Crippen LogP contribution in [0.25, 0.3) is 0 Å². The minimum absolute atomic E-state index is 0.0709. The zero-order valence-corrected chi connectivity index (χ0v) is 43.1. The molecule has 0 aromatic carbocycles. The van der Waals surface area contributed by atoms with Crippen LogP contribution in [0.1, 0.15) is 310 Å². The lowest BCUT2D eigenvalue weighted by molar-refractivity contribution is -0.167. The quantitative estimate of drug-likeness (QED) is 0.0262. The lowest BCUT2D eigenvalue weighted by Crippen LogP contribution is -2.30. The third kappa shape index (κ3) is 50.9. The molecule has 0 bridgehead atoms. The summed E-state index contributed by atoms with van der Waals surface area (Å²) in [6, 6.07) is 0. The SMILES string of the molecule is CCCCC/C=C\CCCCCCCC(=O)OC(COC(=O)CCCCCCCCC)COC(=O)CCCCCCCCCCCCCCCCC/C=C\CCCCCCCCCC. The summed E-state index contributed by atoms with van der Waals surface area (Å²) in [6.45, 7) is 6.60. The number of rotatable bonds is 52. The number of hydrogen-bond acceptors (Lipinski definition) is 6. The number of carbonyl (C=O) groups is 3. The van der Waals surface area contributed by atoms with Crippen molar-refractivity contribution in [3.8, 4) is 0 Å². The molecule has 1 atom stereocenters. The molecule has 0 aliphatic carbocycles. The molecule has 376 valence electrons. The normalized spacial score (nSPS) is 12.1. The average Bonchev–Trinajstić information content (AvgIpc) is 3.29. The van der Waals surface area contributed by atoms with Crippen LogP contribution in [0, 0.1) is 0 Å². The van der Waals surface area contributed by atoms with Crippen LogP contribution in [-0.2, 0) is 28.6 Å². The van der Waals surface area contributed by atoms with E-state index in [1.807, 2.05) is 0 Å². The topological polar surface area (TPSA) is 78.9 Å². The molecule has 64 heavy (non-hydrogen) atoms. The van der Waals surface area contributed by atoms with Crippen molar-refractivity contribution in [3.63, 3.8) is 0 Å². The van der Waals surface area contributed by atoms with E-state index in [1.165, 1.54) is 205 Å². The Morgan fingerprint density at radius 3 is 0.812 bits per heavy atom. The van der Waals surface area contributed by atoms with Crippen molar-refractivity contribution >= 4 is 17.9 Å². The van der Waals surface area contributed by atoms with Crippen LogP contribution in [0.5, 0.6) is 0 Å². The predicted molar refractivity (Wildman–Crippen MR) is 275 cm³/mol. The molecule has 0 radical (unpaired) electrons. The first kappa shape index (κ1) is 61.9. The van der Waals surface area contributed by atoms with Gasteiger partial charge in [-0.15, -0.1) is 0 Å².